The Morgan fingerprint density at radius 2 is 2.06 bits per heavy atom. The Bertz CT molecular complexity index is 466. The molecule has 90 valence electrons. The highest BCUT2D eigenvalue weighted by Crippen LogP contribution is 2.35. The predicted molar refractivity (Wildman–Crippen MR) is 74.2 cm³/mol. The number of rotatable bonds is 3. The summed E-state index contributed by atoms with van der Waals surface area (Å²) in [4.78, 5) is 0. The summed E-state index contributed by atoms with van der Waals surface area (Å²) in [7, 11) is 0. The van der Waals surface area contributed by atoms with Crippen LogP contribution in [0.2, 0.25) is 0 Å². The van der Waals surface area contributed by atoms with E-state index in [1.54, 1.807) is 0 Å². The molecule has 0 aliphatic carbocycles. The van der Waals surface area contributed by atoms with Gasteiger partial charge >= 0.3 is 0 Å². The molecule has 1 aromatic rings. The molecule has 0 unspecified atom stereocenters. The van der Waals surface area contributed by atoms with Gasteiger partial charge in [0.05, 0.1) is 0 Å². The maximum Gasteiger partial charge on any atom is 0.208 e. The quantitative estimate of drug-likeness (QED) is 0.544. The van der Waals surface area contributed by atoms with Gasteiger partial charge in [0.25, 0.3) is 0 Å². The van der Waals surface area contributed by atoms with Crippen LogP contribution in [0.25, 0.3) is 0 Å². The molecule has 1 heterocycles. The molecule has 0 fully saturated rings. The van der Waals surface area contributed by atoms with Crippen molar-refractivity contribution >= 4 is 11.4 Å². The highest BCUT2D eigenvalue weighted by Gasteiger charge is 2.36. The van der Waals surface area contributed by atoms with Gasteiger partial charge in [0.1, 0.15) is 0 Å². The number of fused-ring (bicyclic) bond motifs is 1. The zero-order chi connectivity index (χ0) is 12.5. The summed E-state index contributed by atoms with van der Waals surface area (Å²) in [6.45, 7) is 11.8. The van der Waals surface area contributed by atoms with Gasteiger partial charge in [-0.15, -0.1) is 6.58 Å². The van der Waals surface area contributed by atoms with E-state index >= 15 is 0 Å². The highest BCUT2D eigenvalue weighted by atomic mass is 15.0. The van der Waals surface area contributed by atoms with Crippen molar-refractivity contribution in [3.63, 3.8) is 0 Å². The van der Waals surface area contributed by atoms with E-state index in [0.717, 1.165) is 19.4 Å². The topological polar surface area (TPSA) is 3.01 Å². The van der Waals surface area contributed by atoms with Gasteiger partial charge < -0.3 is 0 Å². The number of hydrogen-bond donors (Lipinski definition) is 0. The minimum Gasteiger partial charge on any atom is -0.199 e. The van der Waals surface area contributed by atoms with Crippen molar-refractivity contribution in [2.45, 2.75) is 33.6 Å². The molecule has 1 aliphatic heterocycles. The summed E-state index contributed by atoms with van der Waals surface area (Å²) in [5, 5.41) is 0. The van der Waals surface area contributed by atoms with Gasteiger partial charge in [0.2, 0.25) is 5.69 Å². The third-order valence-corrected chi connectivity index (χ3v) is 3.86. The second kappa shape index (κ2) is 4.48. The Kier molecular flexibility index (Phi) is 3.19. The monoisotopic (exact) mass is 228 g/mol. The van der Waals surface area contributed by atoms with Gasteiger partial charge in [-0.05, 0) is 20.3 Å². The summed E-state index contributed by atoms with van der Waals surface area (Å²) < 4.78 is 2.46. The lowest BCUT2D eigenvalue weighted by Crippen LogP contribution is -2.36. The highest BCUT2D eigenvalue weighted by molar-refractivity contribution is 5.85. The summed E-state index contributed by atoms with van der Waals surface area (Å²) in [5.41, 5.74) is 4.58. The zero-order valence-corrected chi connectivity index (χ0v) is 11.2. The average Bonchev–Trinajstić information content (AvgIpc) is 2.29. The minimum absolute atomic E-state index is 0.259. The Balaban J connectivity index is 2.51. The molecule has 1 heteroatoms. The molecule has 0 saturated heterocycles. The van der Waals surface area contributed by atoms with Crippen LogP contribution in [0.3, 0.4) is 0 Å². The van der Waals surface area contributed by atoms with Crippen molar-refractivity contribution in [3.8, 4) is 0 Å². The van der Waals surface area contributed by atoms with Gasteiger partial charge in [-0.3, -0.25) is 0 Å². The number of benzene rings is 1. The van der Waals surface area contributed by atoms with Crippen LogP contribution in [0.4, 0.5) is 5.69 Å². The van der Waals surface area contributed by atoms with Crippen molar-refractivity contribution in [2.75, 3.05) is 6.54 Å². The first-order chi connectivity index (χ1) is 8.06. The van der Waals surface area contributed by atoms with Gasteiger partial charge in [-0.2, -0.15) is 4.58 Å². The second-order valence-corrected chi connectivity index (χ2v) is 5.50. The Labute approximate surface area is 104 Å². The predicted octanol–water partition coefficient (Wildman–Crippen LogP) is 3.95. The lowest BCUT2D eigenvalue weighted by Gasteiger charge is -2.28. The van der Waals surface area contributed by atoms with Crippen LogP contribution >= 0.6 is 0 Å². The molecule has 1 aliphatic rings. The maximum atomic E-state index is 3.83. The molecule has 0 saturated carbocycles. The maximum absolute atomic E-state index is 3.83. The molecule has 0 radical (unpaired) electrons. The van der Waals surface area contributed by atoms with E-state index in [4.69, 9.17) is 0 Å². The van der Waals surface area contributed by atoms with Crippen LogP contribution in [0, 0.1) is 5.41 Å². The van der Waals surface area contributed by atoms with Crippen molar-refractivity contribution < 1.29 is 4.58 Å². The lowest BCUT2D eigenvalue weighted by atomic mass is 9.78. The Hall–Kier alpha value is -1.37. The van der Waals surface area contributed by atoms with Crippen molar-refractivity contribution in [1.82, 2.24) is 0 Å². The van der Waals surface area contributed by atoms with E-state index in [1.165, 1.54) is 17.0 Å². The smallest absolute Gasteiger partial charge is 0.199 e. The molecular weight excluding hydrogens is 206 g/mol. The molecule has 1 aromatic carbocycles. The molecule has 1 nitrogen and oxygen atoms in total. The fourth-order valence-electron chi connectivity index (χ4n) is 2.58. The van der Waals surface area contributed by atoms with E-state index in [9.17, 15) is 0 Å². The summed E-state index contributed by atoms with van der Waals surface area (Å²) in [6.07, 6.45) is 4.17. The second-order valence-electron chi connectivity index (χ2n) is 5.50. The van der Waals surface area contributed by atoms with Crippen molar-refractivity contribution in [2.24, 2.45) is 5.41 Å². The van der Waals surface area contributed by atoms with E-state index in [2.05, 4.69) is 56.2 Å². The lowest BCUT2D eigenvalue weighted by molar-refractivity contribution is -0.447. The van der Waals surface area contributed by atoms with E-state index < -0.39 is 0 Å². The molecule has 0 aromatic heterocycles. The van der Waals surface area contributed by atoms with E-state index in [0.29, 0.717) is 0 Å². The van der Waals surface area contributed by atoms with Gasteiger partial charge in [-0.1, -0.05) is 24.3 Å². The van der Waals surface area contributed by atoms with Crippen LogP contribution in [-0.4, -0.2) is 16.8 Å². The summed E-state index contributed by atoms with van der Waals surface area (Å²) >= 11 is 0. The van der Waals surface area contributed by atoms with Gasteiger partial charge in [0.15, 0.2) is 12.3 Å². The number of para-hydroxylation sites is 1. The molecule has 0 spiro atoms. The van der Waals surface area contributed by atoms with E-state index in [-0.39, 0.29) is 5.41 Å². The summed E-state index contributed by atoms with van der Waals surface area (Å²) in [5.74, 6) is 0. The molecule has 0 atom stereocenters. The molecule has 2 rings (SSSR count). The van der Waals surface area contributed by atoms with Crippen molar-refractivity contribution in [1.29, 1.82) is 0 Å². The van der Waals surface area contributed by atoms with Crippen molar-refractivity contribution in [3.05, 3.63) is 42.5 Å². The first-order valence-electron chi connectivity index (χ1n) is 6.36. The first kappa shape index (κ1) is 12.1. The fraction of sp³-hybridized carbons (Fsp3) is 0.438. The molecule has 0 N–H and O–H groups in total. The van der Waals surface area contributed by atoms with Crippen LogP contribution < -0.4 is 0 Å². The third-order valence-electron chi connectivity index (χ3n) is 3.86. The number of nitrogens with zero attached hydrogens (tertiary/aromatic N) is 1. The Morgan fingerprint density at radius 3 is 2.76 bits per heavy atom. The average molecular weight is 228 g/mol. The number of hydrogen-bond acceptors (Lipinski definition) is 0. The normalized spacial score (nSPS) is 17.8. The van der Waals surface area contributed by atoms with Crippen LogP contribution in [-0.2, 0) is 6.42 Å². The van der Waals surface area contributed by atoms with Gasteiger partial charge in [-0.25, -0.2) is 0 Å². The largest absolute Gasteiger partial charge is 0.208 e. The molecule has 0 amide bonds. The van der Waals surface area contributed by atoms with E-state index in [1.807, 2.05) is 6.08 Å². The van der Waals surface area contributed by atoms with Crippen LogP contribution in [0.5, 0.6) is 0 Å². The van der Waals surface area contributed by atoms with Crippen LogP contribution in [0.15, 0.2) is 36.9 Å². The van der Waals surface area contributed by atoms with Crippen LogP contribution in [0.1, 0.15) is 32.8 Å². The first-order valence-corrected chi connectivity index (χ1v) is 6.36. The molecular formula is C16H22N+. The fourth-order valence-corrected chi connectivity index (χ4v) is 2.58. The summed E-state index contributed by atoms with van der Waals surface area (Å²) in [6, 6.07) is 8.76. The third kappa shape index (κ3) is 2.19. The minimum atomic E-state index is 0.259. The molecule has 17 heavy (non-hydrogen) atoms. The Morgan fingerprint density at radius 1 is 1.35 bits per heavy atom. The SMILES string of the molecule is C=CCC[N+]1=C(C)C(C)(C)Cc2ccccc21. The van der Waals surface area contributed by atoms with Gasteiger partial charge in [0, 0.05) is 30.4 Å². The molecule has 0 bridgehead atoms. The standard InChI is InChI=1S/C16H22N/c1-5-6-11-17-13(2)16(3,4)12-14-9-7-8-10-15(14)17/h5,7-10H,1,6,11-12H2,2-4H3/q+1. The zero-order valence-electron chi connectivity index (χ0n) is 11.2.